The van der Waals surface area contributed by atoms with Gasteiger partial charge in [-0.25, -0.2) is 9.67 Å². The zero-order valence-corrected chi connectivity index (χ0v) is 10.5. The number of hydrogen-bond acceptors (Lipinski definition) is 3. The SMILES string of the molecule is C[C@@H](C(=O)N1CCC[C@@H](C(F)(F)F)C1)n1cncn1. The number of aromatic nitrogens is 3. The van der Waals surface area contributed by atoms with Gasteiger partial charge in [0.1, 0.15) is 18.7 Å². The maximum atomic E-state index is 12.7. The molecule has 1 aliphatic rings. The van der Waals surface area contributed by atoms with Gasteiger partial charge in [0.2, 0.25) is 5.91 Å². The quantitative estimate of drug-likeness (QED) is 0.825. The molecule has 0 bridgehead atoms. The second-order valence-corrected chi connectivity index (χ2v) is 4.72. The third kappa shape index (κ3) is 3.05. The van der Waals surface area contributed by atoms with E-state index in [4.69, 9.17) is 0 Å². The van der Waals surface area contributed by atoms with Crippen molar-refractivity contribution in [1.29, 1.82) is 0 Å². The first-order chi connectivity index (χ1) is 8.89. The third-order valence-corrected chi connectivity index (χ3v) is 3.39. The number of nitrogens with zero attached hydrogens (tertiary/aromatic N) is 4. The molecule has 2 heterocycles. The first kappa shape index (κ1) is 13.8. The van der Waals surface area contributed by atoms with Gasteiger partial charge in [-0.1, -0.05) is 0 Å². The number of hydrogen-bond donors (Lipinski definition) is 0. The predicted molar refractivity (Wildman–Crippen MR) is 60.1 cm³/mol. The first-order valence-corrected chi connectivity index (χ1v) is 6.09. The van der Waals surface area contributed by atoms with Crippen LogP contribution in [0.2, 0.25) is 0 Å². The largest absolute Gasteiger partial charge is 0.393 e. The van der Waals surface area contributed by atoms with Crippen molar-refractivity contribution in [1.82, 2.24) is 19.7 Å². The molecule has 0 aliphatic carbocycles. The highest BCUT2D eigenvalue weighted by Crippen LogP contribution is 2.33. The summed E-state index contributed by atoms with van der Waals surface area (Å²) in [5.74, 6) is -1.77. The van der Waals surface area contributed by atoms with E-state index in [1.807, 2.05) is 0 Å². The zero-order valence-electron chi connectivity index (χ0n) is 10.5. The number of halogens is 3. The van der Waals surface area contributed by atoms with E-state index >= 15 is 0 Å². The molecule has 5 nitrogen and oxygen atoms in total. The summed E-state index contributed by atoms with van der Waals surface area (Å²) in [7, 11) is 0. The molecular formula is C11H15F3N4O. The second-order valence-electron chi connectivity index (χ2n) is 4.72. The summed E-state index contributed by atoms with van der Waals surface area (Å²) < 4.78 is 39.4. The van der Waals surface area contributed by atoms with Crippen molar-refractivity contribution in [2.24, 2.45) is 5.92 Å². The summed E-state index contributed by atoms with van der Waals surface area (Å²) in [4.78, 5) is 17.1. The Morgan fingerprint density at radius 1 is 1.47 bits per heavy atom. The van der Waals surface area contributed by atoms with Crippen LogP contribution in [-0.2, 0) is 4.79 Å². The Labute approximate surface area is 108 Å². The lowest BCUT2D eigenvalue weighted by Gasteiger charge is -2.35. The Bertz CT molecular complexity index is 432. The molecule has 1 aromatic rings. The second kappa shape index (κ2) is 5.18. The van der Waals surface area contributed by atoms with Crippen LogP contribution in [0.15, 0.2) is 12.7 Å². The van der Waals surface area contributed by atoms with E-state index in [1.165, 1.54) is 22.2 Å². The van der Waals surface area contributed by atoms with Crippen LogP contribution >= 0.6 is 0 Å². The molecule has 1 aliphatic heterocycles. The molecule has 106 valence electrons. The number of carbonyl (C=O) groups is 1. The molecule has 8 heteroatoms. The standard InChI is InChI=1S/C11H15F3N4O/c1-8(18-7-15-6-16-18)10(19)17-4-2-3-9(5-17)11(12,13)14/h6-9H,2-5H2,1H3/t8-,9+/m0/s1. The van der Waals surface area contributed by atoms with Gasteiger partial charge in [0.25, 0.3) is 0 Å². The van der Waals surface area contributed by atoms with Crippen LogP contribution in [0.25, 0.3) is 0 Å². The molecule has 1 fully saturated rings. The molecule has 19 heavy (non-hydrogen) atoms. The summed E-state index contributed by atoms with van der Waals surface area (Å²) in [6.45, 7) is 1.71. The summed E-state index contributed by atoms with van der Waals surface area (Å²) in [6, 6.07) is -0.630. The van der Waals surface area contributed by atoms with Crippen molar-refractivity contribution in [2.45, 2.75) is 32.0 Å². The minimum Gasteiger partial charge on any atom is -0.340 e. The molecule has 0 saturated carbocycles. The summed E-state index contributed by atoms with van der Waals surface area (Å²) in [5, 5.41) is 3.84. The van der Waals surface area contributed by atoms with Gasteiger partial charge in [0.15, 0.2) is 0 Å². The maximum absolute atomic E-state index is 12.7. The third-order valence-electron chi connectivity index (χ3n) is 3.39. The molecular weight excluding hydrogens is 261 g/mol. The van der Waals surface area contributed by atoms with E-state index in [-0.39, 0.29) is 18.9 Å². The lowest BCUT2D eigenvalue weighted by Crippen LogP contribution is -2.46. The monoisotopic (exact) mass is 276 g/mol. The van der Waals surface area contributed by atoms with Crippen molar-refractivity contribution >= 4 is 5.91 Å². The topological polar surface area (TPSA) is 51.0 Å². The average Bonchev–Trinajstić information content (AvgIpc) is 2.90. The molecule has 0 spiro atoms. The Morgan fingerprint density at radius 2 is 2.21 bits per heavy atom. The van der Waals surface area contributed by atoms with E-state index in [9.17, 15) is 18.0 Å². The Balaban J connectivity index is 2.03. The summed E-state index contributed by atoms with van der Waals surface area (Å²) in [6.07, 6.45) is -1.10. The fourth-order valence-electron chi connectivity index (χ4n) is 2.24. The zero-order chi connectivity index (χ0) is 14.0. The molecule has 0 radical (unpaired) electrons. The van der Waals surface area contributed by atoms with Gasteiger partial charge in [0, 0.05) is 13.1 Å². The first-order valence-electron chi connectivity index (χ1n) is 6.09. The van der Waals surface area contributed by atoms with Crippen molar-refractivity contribution in [3.63, 3.8) is 0 Å². The van der Waals surface area contributed by atoms with Crippen molar-refractivity contribution < 1.29 is 18.0 Å². The lowest BCUT2D eigenvalue weighted by atomic mass is 9.97. The number of piperidine rings is 1. The van der Waals surface area contributed by atoms with Crippen LogP contribution in [0, 0.1) is 5.92 Å². The molecule has 1 amide bonds. The fourth-order valence-corrected chi connectivity index (χ4v) is 2.24. The predicted octanol–water partition coefficient (Wildman–Crippen LogP) is 1.64. The van der Waals surface area contributed by atoms with E-state index in [1.54, 1.807) is 6.92 Å². The molecule has 0 N–H and O–H groups in total. The van der Waals surface area contributed by atoms with Crippen molar-refractivity contribution in [3.05, 3.63) is 12.7 Å². The minimum atomic E-state index is -4.24. The Morgan fingerprint density at radius 3 is 2.79 bits per heavy atom. The highest BCUT2D eigenvalue weighted by atomic mass is 19.4. The number of amides is 1. The van der Waals surface area contributed by atoms with E-state index in [0.29, 0.717) is 13.0 Å². The molecule has 0 aromatic carbocycles. The highest BCUT2D eigenvalue weighted by molar-refractivity contribution is 5.80. The maximum Gasteiger partial charge on any atom is 0.393 e. The van der Waals surface area contributed by atoms with Gasteiger partial charge in [-0.2, -0.15) is 18.3 Å². The van der Waals surface area contributed by atoms with E-state index < -0.39 is 18.1 Å². The molecule has 2 atom stereocenters. The van der Waals surface area contributed by atoms with Gasteiger partial charge in [-0.15, -0.1) is 0 Å². The normalized spacial score (nSPS) is 22.3. The Hall–Kier alpha value is -1.60. The fraction of sp³-hybridized carbons (Fsp3) is 0.727. The molecule has 1 aromatic heterocycles. The summed E-state index contributed by atoms with van der Waals surface area (Å²) >= 11 is 0. The highest BCUT2D eigenvalue weighted by Gasteiger charge is 2.43. The minimum absolute atomic E-state index is 0.0883. The van der Waals surface area contributed by atoms with Crippen LogP contribution in [-0.4, -0.2) is 44.8 Å². The van der Waals surface area contributed by atoms with Gasteiger partial charge in [-0.3, -0.25) is 4.79 Å². The van der Waals surface area contributed by atoms with E-state index in [0.717, 1.165) is 0 Å². The molecule has 2 rings (SSSR count). The lowest BCUT2D eigenvalue weighted by molar-refractivity contribution is -0.188. The van der Waals surface area contributed by atoms with Crippen LogP contribution in [0.1, 0.15) is 25.8 Å². The Kier molecular flexibility index (Phi) is 3.77. The van der Waals surface area contributed by atoms with Gasteiger partial charge < -0.3 is 4.90 Å². The van der Waals surface area contributed by atoms with Gasteiger partial charge >= 0.3 is 6.18 Å². The van der Waals surface area contributed by atoms with Crippen LogP contribution in [0.3, 0.4) is 0 Å². The average molecular weight is 276 g/mol. The van der Waals surface area contributed by atoms with Gasteiger partial charge in [0.05, 0.1) is 5.92 Å². The smallest absolute Gasteiger partial charge is 0.340 e. The number of carbonyl (C=O) groups excluding carboxylic acids is 1. The number of likely N-dealkylation sites (tertiary alicyclic amines) is 1. The van der Waals surface area contributed by atoms with Crippen molar-refractivity contribution in [2.75, 3.05) is 13.1 Å². The molecule has 1 saturated heterocycles. The number of rotatable bonds is 2. The van der Waals surface area contributed by atoms with Crippen LogP contribution in [0.4, 0.5) is 13.2 Å². The van der Waals surface area contributed by atoms with E-state index in [2.05, 4.69) is 10.1 Å². The summed E-state index contributed by atoms with van der Waals surface area (Å²) in [5.41, 5.74) is 0. The van der Waals surface area contributed by atoms with Gasteiger partial charge in [-0.05, 0) is 19.8 Å². The molecule has 0 unspecified atom stereocenters. The number of alkyl halides is 3. The van der Waals surface area contributed by atoms with Crippen LogP contribution < -0.4 is 0 Å². The van der Waals surface area contributed by atoms with Crippen LogP contribution in [0.5, 0.6) is 0 Å². The van der Waals surface area contributed by atoms with Crippen molar-refractivity contribution in [3.8, 4) is 0 Å².